The van der Waals surface area contributed by atoms with E-state index in [-0.39, 0.29) is 17.4 Å². The first-order chi connectivity index (χ1) is 12.2. The molecule has 1 amide bonds. The van der Waals surface area contributed by atoms with Crippen LogP contribution in [0, 0.1) is 0 Å². The minimum absolute atomic E-state index is 0.0226. The van der Waals surface area contributed by atoms with Crippen LogP contribution in [0.15, 0.2) is 27.8 Å². The molecule has 1 unspecified atom stereocenters. The standard InChI is InChI=1S/C17H19N5O2S/c1-2-12-6-16(23)22-15(19-12)7-13(20-22)11-4-3-5-21(8-11)17(24)14-9-25-10-18-14/h6-7,9-11,20H,2-5,8H2,1H3. The number of nitrogens with one attached hydrogen (secondary N) is 1. The summed E-state index contributed by atoms with van der Waals surface area (Å²) < 4.78 is 1.48. The van der Waals surface area contributed by atoms with Gasteiger partial charge < -0.3 is 4.90 Å². The molecule has 4 heterocycles. The third kappa shape index (κ3) is 2.97. The number of rotatable bonds is 3. The molecule has 1 aliphatic rings. The number of thiazole rings is 1. The van der Waals surface area contributed by atoms with Crippen molar-refractivity contribution in [2.75, 3.05) is 13.1 Å². The van der Waals surface area contributed by atoms with Crippen LogP contribution in [0.5, 0.6) is 0 Å². The van der Waals surface area contributed by atoms with Gasteiger partial charge >= 0.3 is 0 Å². The number of amides is 1. The van der Waals surface area contributed by atoms with Crippen LogP contribution in [0.3, 0.4) is 0 Å². The van der Waals surface area contributed by atoms with Crippen molar-refractivity contribution < 1.29 is 4.79 Å². The fraction of sp³-hybridized carbons (Fsp3) is 0.412. The van der Waals surface area contributed by atoms with Crippen LogP contribution < -0.4 is 5.56 Å². The fourth-order valence-electron chi connectivity index (χ4n) is 3.34. The highest BCUT2D eigenvalue weighted by molar-refractivity contribution is 7.07. The van der Waals surface area contributed by atoms with Crippen molar-refractivity contribution in [1.82, 2.24) is 24.5 Å². The summed E-state index contributed by atoms with van der Waals surface area (Å²) >= 11 is 1.43. The van der Waals surface area contributed by atoms with Gasteiger partial charge in [0.1, 0.15) is 5.69 Å². The Morgan fingerprint density at radius 2 is 2.32 bits per heavy atom. The van der Waals surface area contributed by atoms with Crippen LogP contribution in [0.4, 0.5) is 0 Å². The van der Waals surface area contributed by atoms with Crippen molar-refractivity contribution >= 4 is 22.9 Å². The van der Waals surface area contributed by atoms with E-state index in [4.69, 9.17) is 0 Å². The monoisotopic (exact) mass is 357 g/mol. The SMILES string of the molecule is CCc1cc(=O)n2[nH]c(C3CCCN(C(=O)c4cscn4)C3)cc2n1. The molecule has 0 aromatic carbocycles. The Hall–Kier alpha value is -2.48. The lowest BCUT2D eigenvalue weighted by Crippen LogP contribution is -2.39. The van der Waals surface area contributed by atoms with Gasteiger partial charge in [0.15, 0.2) is 5.65 Å². The van der Waals surface area contributed by atoms with Crippen LogP contribution in [-0.4, -0.2) is 43.5 Å². The number of carbonyl (C=O) groups excluding carboxylic acids is 1. The largest absolute Gasteiger partial charge is 0.337 e. The molecule has 0 radical (unpaired) electrons. The van der Waals surface area contributed by atoms with Gasteiger partial charge in [0.05, 0.1) is 5.51 Å². The minimum atomic E-state index is -0.0979. The average molecular weight is 357 g/mol. The molecule has 130 valence electrons. The summed E-state index contributed by atoms with van der Waals surface area (Å²) in [6, 6.07) is 3.49. The lowest BCUT2D eigenvalue weighted by molar-refractivity contribution is 0.0700. The molecule has 0 bridgehead atoms. The lowest BCUT2D eigenvalue weighted by Gasteiger charge is -2.31. The molecule has 3 aromatic rings. The molecule has 3 aromatic heterocycles. The van der Waals surface area contributed by atoms with E-state index >= 15 is 0 Å². The number of H-pyrrole nitrogens is 1. The topological polar surface area (TPSA) is 83.4 Å². The number of nitrogens with zero attached hydrogens (tertiary/aromatic N) is 4. The van der Waals surface area contributed by atoms with Gasteiger partial charge in [-0.05, 0) is 19.3 Å². The number of fused-ring (bicyclic) bond motifs is 1. The molecule has 1 aliphatic heterocycles. The van der Waals surface area contributed by atoms with E-state index in [1.807, 2.05) is 17.9 Å². The third-order valence-electron chi connectivity index (χ3n) is 4.69. The molecule has 1 N–H and O–H groups in total. The quantitative estimate of drug-likeness (QED) is 0.778. The second-order valence-electron chi connectivity index (χ2n) is 6.31. The van der Waals surface area contributed by atoms with E-state index < -0.39 is 0 Å². The van der Waals surface area contributed by atoms with Gasteiger partial charge in [-0.2, -0.15) is 0 Å². The van der Waals surface area contributed by atoms with Crippen molar-refractivity contribution in [2.45, 2.75) is 32.1 Å². The second kappa shape index (κ2) is 6.44. The Balaban J connectivity index is 1.61. The number of aryl methyl sites for hydroxylation is 1. The number of aromatic nitrogens is 4. The third-order valence-corrected chi connectivity index (χ3v) is 5.27. The van der Waals surface area contributed by atoms with Gasteiger partial charge in [0, 0.05) is 47.9 Å². The first-order valence-corrected chi connectivity index (χ1v) is 9.39. The highest BCUT2D eigenvalue weighted by Gasteiger charge is 2.27. The minimum Gasteiger partial charge on any atom is -0.337 e. The van der Waals surface area contributed by atoms with Crippen LogP contribution in [-0.2, 0) is 6.42 Å². The van der Waals surface area contributed by atoms with Crippen molar-refractivity contribution in [3.63, 3.8) is 0 Å². The Morgan fingerprint density at radius 1 is 1.44 bits per heavy atom. The van der Waals surface area contributed by atoms with Crippen molar-refractivity contribution in [3.8, 4) is 0 Å². The highest BCUT2D eigenvalue weighted by atomic mass is 32.1. The zero-order valence-corrected chi connectivity index (χ0v) is 14.8. The van der Waals surface area contributed by atoms with Crippen LogP contribution in [0.2, 0.25) is 0 Å². The van der Waals surface area contributed by atoms with Crippen molar-refractivity contribution in [3.05, 3.63) is 50.5 Å². The molecule has 4 rings (SSSR count). The summed E-state index contributed by atoms with van der Waals surface area (Å²) in [7, 11) is 0. The molecule has 7 nitrogen and oxygen atoms in total. The summed E-state index contributed by atoms with van der Waals surface area (Å²) in [5, 5.41) is 4.95. The normalized spacial score (nSPS) is 18.0. The van der Waals surface area contributed by atoms with E-state index in [9.17, 15) is 9.59 Å². The Labute approximate surface area is 148 Å². The molecule has 0 saturated carbocycles. The van der Waals surface area contributed by atoms with E-state index in [1.165, 1.54) is 15.9 Å². The predicted octanol–water partition coefficient (Wildman–Crippen LogP) is 2.06. The summed E-state index contributed by atoms with van der Waals surface area (Å²) in [5.41, 5.74) is 4.47. The van der Waals surface area contributed by atoms with Gasteiger partial charge in [-0.3, -0.25) is 14.7 Å². The molecular weight excluding hydrogens is 338 g/mol. The van der Waals surface area contributed by atoms with Crippen LogP contribution >= 0.6 is 11.3 Å². The van der Waals surface area contributed by atoms with E-state index in [0.29, 0.717) is 17.9 Å². The first-order valence-electron chi connectivity index (χ1n) is 8.44. The molecule has 1 fully saturated rings. The number of piperidine rings is 1. The summed E-state index contributed by atoms with van der Waals surface area (Å²) in [5.74, 6) is 0.146. The molecule has 1 saturated heterocycles. The summed E-state index contributed by atoms with van der Waals surface area (Å²) in [4.78, 5) is 35.2. The summed E-state index contributed by atoms with van der Waals surface area (Å²) in [6.45, 7) is 3.35. The zero-order chi connectivity index (χ0) is 17.4. The fourth-order valence-corrected chi connectivity index (χ4v) is 3.87. The Bertz CT molecular complexity index is 959. The van der Waals surface area contributed by atoms with Gasteiger partial charge in [-0.15, -0.1) is 11.3 Å². The molecule has 0 spiro atoms. The Morgan fingerprint density at radius 3 is 3.08 bits per heavy atom. The average Bonchev–Trinajstić information content (AvgIpc) is 3.31. The number of carbonyl (C=O) groups is 1. The predicted molar refractivity (Wildman–Crippen MR) is 95.2 cm³/mol. The second-order valence-corrected chi connectivity index (χ2v) is 7.03. The van der Waals surface area contributed by atoms with Crippen molar-refractivity contribution in [1.29, 1.82) is 0 Å². The smallest absolute Gasteiger partial charge is 0.273 e. The zero-order valence-electron chi connectivity index (χ0n) is 13.9. The Kier molecular flexibility index (Phi) is 4.12. The lowest BCUT2D eigenvalue weighted by atomic mass is 9.94. The van der Waals surface area contributed by atoms with Crippen LogP contribution in [0.1, 0.15) is 47.6 Å². The van der Waals surface area contributed by atoms with Crippen molar-refractivity contribution in [2.24, 2.45) is 0 Å². The highest BCUT2D eigenvalue weighted by Crippen LogP contribution is 2.27. The molecule has 8 heteroatoms. The number of aromatic amines is 1. The van der Waals surface area contributed by atoms with Gasteiger partial charge in [-0.25, -0.2) is 14.5 Å². The maximum atomic E-state index is 12.5. The molecular formula is C17H19N5O2S. The number of hydrogen-bond acceptors (Lipinski definition) is 5. The molecule has 1 atom stereocenters. The maximum absolute atomic E-state index is 12.5. The maximum Gasteiger partial charge on any atom is 0.273 e. The van der Waals surface area contributed by atoms with E-state index in [2.05, 4.69) is 15.1 Å². The summed E-state index contributed by atoms with van der Waals surface area (Å²) in [6.07, 6.45) is 2.63. The first kappa shape index (κ1) is 16.0. The molecule has 0 aliphatic carbocycles. The van der Waals surface area contributed by atoms with Gasteiger partial charge in [0.25, 0.3) is 11.5 Å². The van der Waals surface area contributed by atoms with Gasteiger partial charge in [0.2, 0.25) is 0 Å². The number of hydrogen-bond donors (Lipinski definition) is 1. The van der Waals surface area contributed by atoms with E-state index in [1.54, 1.807) is 17.0 Å². The number of likely N-dealkylation sites (tertiary alicyclic amines) is 1. The molecule has 25 heavy (non-hydrogen) atoms. The van der Waals surface area contributed by atoms with Crippen LogP contribution in [0.25, 0.3) is 5.65 Å². The van der Waals surface area contributed by atoms with Gasteiger partial charge in [-0.1, -0.05) is 6.92 Å². The van der Waals surface area contributed by atoms with E-state index in [0.717, 1.165) is 37.2 Å².